The highest BCUT2D eigenvalue weighted by Crippen LogP contribution is 2.40. The highest BCUT2D eigenvalue weighted by atomic mass is 19.1. The van der Waals surface area contributed by atoms with Gasteiger partial charge in [0.2, 0.25) is 0 Å². The summed E-state index contributed by atoms with van der Waals surface area (Å²) in [5.74, 6) is 1.70. The molecular weight excluding hydrogens is 261 g/mol. The lowest BCUT2D eigenvalue weighted by Gasteiger charge is -2.21. The molecule has 0 bridgehead atoms. The molecule has 20 heavy (non-hydrogen) atoms. The van der Waals surface area contributed by atoms with Gasteiger partial charge in [-0.2, -0.15) is 5.10 Å². The van der Waals surface area contributed by atoms with Gasteiger partial charge in [0.25, 0.3) is 0 Å². The molecule has 2 heterocycles. The molecular formula is C14H16FN3O2. The minimum atomic E-state index is -1.14. The van der Waals surface area contributed by atoms with E-state index in [2.05, 4.69) is 5.10 Å². The number of fused-ring (bicyclic) bond motifs is 1. The first-order valence-corrected chi connectivity index (χ1v) is 6.43. The lowest BCUT2D eigenvalue weighted by molar-refractivity contribution is 0.171. The van der Waals surface area contributed by atoms with Crippen LogP contribution in [0.1, 0.15) is 18.7 Å². The SMILES string of the molecule is CC(F)c1cc2c(cc1-c1cc(N)n(C)n1)OCCO2. The molecule has 1 aliphatic heterocycles. The van der Waals surface area contributed by atoms with Gasteiger partial charge in [0.05, 0.1) is 5.69 Å². The van der Waals surface area contributed by atoms with Crippen LogP contribution in [0.2, 0.25) is 0 Å². The number of nitrogens with zero attached hydrogens (tertiary/aromatic N) is 2. The van der Waals surface area contributed by atoms with Gasteiger partial charge in [-0.05, 0) is 24.6 Å². The number of benzene rings is 1. The van der Waals surface area contributed by atoms with Crippen LogP contribution in [0.3, 0.4) is 0 Å². The maximum absolute atomic E-state index is 13.9. The molecule has 6 heteroatoms. The maximum Gasteiger partial charge on any atom is 0.162 e. The number of anilines is 1. The molecule has 0 saturated heterocycles. The first kappa shape index (κ1) is 12.8. The van der Waals surface area contributed by atoms with Gasteiger partial charge in [-0.1, -0.05) is 0 Å². The van der Waals surface area contributed by atoms with E-state index in [-0.39, 0.29) is 0 Å². The predicted octanol–water partition coefficient (Wildman–Crippen LogP) is 2.47. The van der Waals surface area contributed by atoms with E-state index in [4.69, 9.17) is 15.2 Å². The zero-order valence-electron chi connectivity index (χ0n) is 11.4. The summed E-state index contributed by atoms with van der Waals surface area (Å²) in [6.45, 7) is 2.45. The van der Waals surface area contributed by atoms with E-state index in [0.29, 0.717) is 47.4 Å². The number of aryl methyl sites for hydroxylation is 1. The molecule has 0 amide bonds. The average Bonchev–Trinajstić information content (AvgIpc) is 2.77. The van der Waals surface area contributed by atoms with Crippen LogP contribution < -0.4 is 15.2 Å². The number of nitrogens with two attached hydrogens (primary N) is 1. The van der Waals surface area contributed by atoms with Gasteiger partial charge in [-0.15, -0.1) is 0 Å². The first-order valence-electron chi connectivity index (χ1n) is 6.43. The van der Waals surface area contributed by atoms with Crippen molar-refractivity contribution in [2.75, 3.05) is 18.9 Å². The van der Waals surface area contributed by atoms with Crippen LogP contribution in [0.25, 0.3) is 11.3 Å². The summed E-state index contributed by atoms with van der Waals surface area (Å²) in [5, 5.41) is 4.30. The lowest BCUT2D eigenvalue weighted by Crippen LogP contribution is -2.15. The highest BCUT2D eigenvalue weighted by Gasteiger charge is 2.21. The van der Waals surface area contributed by atoms with Crippen LogP contribution in [0.4, 0.5) is 10.2 Å². The van der Waals surface area contributed by atoms with Crippen molar-refractivity contribution < 1.29 is 13.9 Å². The first-order chi connectivity index (χ1) is 9.56. The summed E-state index contributed by atoms with van der Waals surface area (Å²) in [6.07, 6.45) is -1.14. The Morgan fingerprint density at radius 1 is 1.25 bits per heavy atom. The third kappa shape index (κ3) is 2.07. The van der Waals surface area contributed by atoms with Gasteiger partial charge < -0.3 is 15.2 Å². The topological polar surface area (TPSA) is 62.3 Å². The standard InChI is InChI=1S/C14H16FN3O2/c1-8(15)9-5-12-13(20-4-3-19-12)6-10(9)11-7-14(16)18(2)17-11/h5-8H,3-4,16H2,1-2H3. The second-order valence-corrected chi connectivity index (χ2v) is 4.78. The molecule has 106 valence electrons. The molecule has 1 aliphatic rings. The van der Waals surface area contributed by atoms with E-state index in [1.165, 1.54) is 6.92 Å². The van der Waals surface area contributed by atoms with Crippen molar-refractivity contribution in [3.8, 4) is 22.8 Å². The minimum absolute atomic E-state index is 0.475. The van der Waals surface area contributed by atoms with Crippen LogP contribution in [0.5, 0.6) is 11.5 Å². The lowest BCUT2D eigenvalue weighted by atomic mass is 10.00. The van der Waals surface area contributed by atoms with E-state index in [1.54, 1.807) is 29.9 Å². The van der Waals surface area contributed by atoms with Gasteiger partial charge in [-0.25, -0.2) is 4.39 Å². The summed E-state index contributed by atoms with van der Waals surface area (Å²) >= 11 is 0. The Kier molecular flexibility index (Phi) is 3.00. The molecule has 3 rings (SSSR count). The summed E-state index contributed by atoms with van der Waals surface area (Å²) in [5.41, 5.74) is 7.62. The average molecular weight is 277 g/mol. The van der Waals surface area contributed by atoms with Crippen molar-refractivity contribution in [3.63, 3.8) is 0 Å². The smallest absolute Gasteiger partial charge is 0.162 e. The number of hydrogen-bond donors (Lipinski definition) is 1. The highest BCUT2D eigenvalue weighted by molar-refractivity contribution is 5.71. The normalized spacial score (nSPS) is 15.2. The Morgan fingerprint density at radius 2 is 1.90 bits per heavy atom. The monoisotopic (exact) mass is 277 g/mol. The Morgan fingerprint density at radius 3 is 2.45 bits per heavy atom. The Bertz CT molecular complexity index is 633. The zero-order chi connectivity index (χ0) is 14.3. The van der Waals surface area contributed by atoms with Crippen LogP contribution in [0, 0.1) is 0 Å². The minimum Gasteiger partial charge on any atom is -0.486 e. The number of halogens is 1. The molecule has 2 N–H and O–H groups in total. The number of nitrogen functional groups attached to an aromatic ring is 1. The molecule has 1 atom stereocenters. The fraction of sp³-hybridized carbons (Fsp3) is 0.357. The van der Waals surface area contributed by atoms with Crippen molar-refractivity contribution in [1.29, 1.82) is 0 Å². The fourth-order valence-corrected chi connectivity index (χ4v) is 2.27. The molecule has 0 saturated carbocycles. The van der Waals surface area contributed by atoms with Crippen molar-refractivity contribution in [2.24, 2.45) is 7.05 Å². The van der Waals surface area contributed by atoms with Crippen molar-refractivity contribution >= 4 is 5.82 Å². The van der Waals surface area contributed by atoms with E-state index >= 15 is 0 Å². The summed E-state index contributed by atoms with van der Waals surface area (Å²) in [4.78, 5) is 0. The Hall–Kier alpha value is -2.24. The Balaban J connectivity index is 2.17. The maximum atomic E-state index is 13.9. The molecule has 2 aromatic rings. The summed E-state index contributed by atoms with van der Waals surface area (Å²) in [7, 11) is 1.75. The molecule has 1 aromatic carbocycles. The second kappa shape index (κ2) is 4.70. The van der Waals surface area contributed by atoms with Gasteiger partial charge in [0, 0.05) is 18.7 Å². The van der Waals surface area contributed by atoms with E-state index in [0.717, 1.165) is 0 Å². The predicted molar refractivity (Wildman–Crippen MR) is 73.6 cm³/mol. The van der Waals surface area contributed by atoms with Crippen molar-refractivity contribution in [3.05, 3.63) is 23.8 Å². The molecule has 0 aliphatic carbocycles. The molecule has 5 nitrogen and oxygen atoms in total. The van der Waals surface area contributed by atoms with Gasteiger partial charge in [0.1, 0.15) is 25.2 Å². The largest absolute Gasteiger partial charge is 0.486 e. The zero-order valence-corrected chi connectivity index (χ0v) is 11.4. The van der Waals surface area contributed by atoms with Crippen LogP contribution in [-0.4, -0.2) is 23.0 Å². The summed E-state index contributed by atoms with van der Waals surface area (Å²) in [6, 6.07) is 5.17. The number of rotatable bonds is 2. The number of ether oxygens (including phenoxy) is 2. The van der Waals surface area contributed by atoms with Gasteiger partial charge in [0.15, 0.2) is 11.5 Å². The third-order valence-corrected chi connectivity index (χ3v) is 3.33. The molecule has 1 aromatic heterocycles. The molecule has 0 spiro atoms. The second-order valence-electron chi connectivity index (χ2n) is 4.78. The third-order valence-electron chi connectivity index (χ3n) is 3.33. The van der Waals surface area contributed by atoms with Crippen molar-refractivity contribution in [2.45, 2.75) is 13.1 Å². The fourth-order valence-electron chi connectivity index (χ4n) is 2.27. The van der Waals surface area contributed by atoms with Crippen LogP contribution in [0.15, 0.2) is 18.2 Å². The molecule has 0 fully saturated rings. The quantitative estimate of drug-likeness (QED) is 0.916. The van der Waals surface area contributed by atoms with Crippen LogP contribution in [-0.2, 0) is 7.05 Å². The number of aromatic nitrogens is 2. The number of alkyl halides is 1. The van der Waals surface area contributed by atoms with E-state index < -0.39 is 6.17 Å². The van der Waals surface area contributed by atoms with E-state index in [9.17, 15) is 4.39 Å². The Labute approximate surface area is 116 Å². The number of hydrogen-bond acceptors (Lipinski definition) is 4. The van der Waals surface area contributed by atoms with Gasteiger partial charge >= 0.3 is 0 Å². The van der Waals surface area contributed by atoms with Gasteiger partial charge in [-0.3, -0.25) is 4.68 Å². The molecule has 1 unspecified atom stereocenters. The van der Waals surface area contributed by atoms with Crippen molar-refractivity contribution in [1.82, 2.24) is 9.78 Å². The van der Waals surface area contributed by atoms with Crippen LogP contribution >= 0.6 is 0 Å². The molecule has 0 radical (unpaired) electrons. The summed E-state index contributed by atoms with van der Waals surface area (Å²) < 4.78 is 26.5. The van der Waals surface area contributed by atoms with E-state index in [1.807, 2.05) is 0 Å².